The van der Waals surface area contributed by atoms with Crippen LogP contribution < -0.4 is 11.1 Å². The first kappa shape index (κ1) is 13.5. The third-order valence-electron chi connectivity index (χ3n) is 2.82. The molecule has 3 N–H and O–H groups in total. The lowest BCUT2D eigenvalue weighted by molar-refractivity contribution is 0.00531. The molecule has 0 radical (unpaired) electrons. The predicted molar refractivity (Wildman–Crippen MR) is 74.0 cm³/mol. The molecule has 1 fully saturated rings. The molecule has 1 aromatic heterocycles. The molecule has 0 amide bonds. The minimum atomic E-state index is 0.209. The molecule has 1 aromatic rings. The van der Waals surface area contributed by atoms with Crippen LogP contribution in [0.3, 0.4) is 0 Å². The van der Waals surface area contributed by atoms with Crippen LogP contribution in [-0.4, -0.2) is 59.7 Å². The molecular formula is C12H20N6O. The molecule has 1 aliphatic rings. The van der Waals surface area contributed by atoms with Crippen LogP contribution in [0.4, 0.5) is 5.82 Å². The van der Waals surface area contributed by atoms with Crippen molar-refractivity contribution in [3.63, 3.8) is 0 Å². The average molecular weight is 264 g/mol. The zero-order chi connectivity index (χ0) is 13.5. The number of aliphatic imine (C=N–C) groups is 1. The minimum absolute atomic E-state index is 0.209. The van der Waals surface area contributed by atoms with E-state index in [2.05, 4.69) is 25.2 Å². The highest BCUT2D eigenvalue weighted by atomic mass is 16.5. The third-order valence-corrected chi connectivity index (χ3v) is 2.82. The Morgan fingerprint density at radius 1 is 1.63 bits per heavy atom. The zero-order valence-corrected chi connectivity index (χ0v) is 11.1. The zero-order valence-electron chi connectivity index (χ0n) is 11.1. The van der Waals surface area contributed by atoms with Crippen LogP contribution in [0.1, 0.15) is 6.92 Å². The van der Waals surface area contributed by atoms with Gasteiger partial charge in [0.15, 0.2) is 5.96 Å². The van der Waals surface area contributed by atoms with E-state index < -0.39 is 0 Å². The minimum Gasteiger partial charge on any atom is -0.375 e. The number of nitrogens with zero attached hydrogens (tertiary/aromatic N) is 4. The van der Waals surface area contributed by atoms with Gasteiger partial charge in [0.1, 0.15) is 5.82 Å². The number of ether oxygens (including phenoxy) is 1. The van der Waals surface area contributed by atoms with Gasteiger partial charge in [-0.3, -0.25) is 9.98 Å². The molecule has 2 rings (SSSR count). The number of rotatable bonds is 4. The van der Waals surface area contributed by atoms with E-state index in [1.165, 1.54) is 0 Å². The number of aromatic nitrogens is 2. The summed E-state index contributed by atoms with van der Waals surface area (Å²) in [5, 5.41) is 3.13. The van der Waals surface area contributed by atoms with E-state index in [-0.39, 0.29) is 6.10 Å². The molecule has 1 aliphatic heterocycles. The van der Waals surface area contributed by atoms with Gasteiger partial charge >= 0.3 is 0 Å². The van der Waals surface area contributed by atoms with Crippen molar-refractivity contribution in [2.24, 2.45) is 10.7 Å². The normalized spacial score (nSPS) is 20.4. The Balaban J connectivity index is 1.72. The van der Waals surface area contributed by atoms with E-state index in [0.717, 1.165) is 18.9 Å². The van der Waals surface area contributed by atoms with Gasteiger partial charge in [-0.25, -0.2) is 4.98 Å². The fourth-order valence-corrected chi connectivity index (χ4v) is 1.87. The molecule has 1 unspecified atom stereocenters. The molecule has 1 atom stereocenters. The Hall–Kier alpha value is -1.89. The van der Waals surface area contributed by atoms with Crippen molar-refractivity contribution >= 4 is 11.8 Å². The molecule has 0 aliphatic carbocycles. The van der Waals surface area contributed by atoms with E-state index in [1.54, 1.807) is 18.6 Å². The lowest BCUT2D eigenvalue weighted by Gasteiger charge is -2.31. The molecule has 1 saturated heterocycles. The van der Waals surface area contributed by atoms with Gasteiger partial charge in [0.25, 0.3) is 0 Å². The molecule has 7 heteroatoms. The number of nitrogens with two attached hydrogens (primary N) is 1. The lowest BCUT2D eigenvalue weighted by Crippen LogP contribution is -2.48. The summed E-state index contributed by atoms with van der Waals surface area (Å²) in [5.41, 5.74) is 5.95. The molecule has 7 nitrogen and oxygen atoms in total. The molecule has 0 saturated carbocycles. The van der Waals surface area contributed by atoms with E-state index in [0.29, 0.717) is 25.7 Å². The number of guanidine groups is 1. The van der Waals surface area contributed by atoms with Crippen molar-refractivity contribution in [3.05, 3.63) is 18.6 Å². The SMILES string of the molecule is CC1CN(C(N)=NCCNc2cnccn2)CCO1. The summed E-state index contributed by atoms with van der Waals surface area (Å²) in [4.78, 5) is 14.5. The van der Waals surface area contributed by atoms with E-state index in [1.807, 2.05) is 6.92 Å². The van der Waals surface area contributed by atoms with Gasteiger partial charge in [-0.2, -0.15) is 0 Å². The smallest absolute Gasteiger partial charge is 0.191 e. The second kappa shape index (κ2) is 6.89. The van der Waals surface area contributed by atoms with Gasteiger partial charge in [-0.05, 0) is 6.92 Å². The largest absolute Gasteiger partial charge is 0.375 e. The van der Waals surface area contributed by atoms with Crippen molar-refractivity contribution in [3.8, 4) is 0 Å². The van der Waals surface area contributed by atoms with Crippen LogP contribution in [0.5, 0.6) is 0 Å². The Kier molecular flexibility index (Phi) is 4.91. The summed E-state index contributed by atoms with van der Waals surface area (Å²) in [5.74, 6) is 1.33. The monoisotopic (exact) mass is 264 g/mol. The predicted octanol–water partition coefficient (Wildman–Crippen LogP) is -0.0761. The summed E-state index contributed by atoms with van der Waals surface area (Å²) < 4.78 is 5.46. The fourth-order valence-electron chi connectivity index (χ4n) is 1.87. The lowest BCUT2D eigenvalue weighted by atomic mass is 10.3. The number of morpholine rings is 1. The Labute approximate surface area is 112 Å². The Bertz CT molecular complexity index is 410. The van der Waals surface area contributed by atoms with Gasteiger partial charge in [0.05, 0.1) is 25.5 Å². The molecule has 104 valence electrons. The van der Waals surface area contributed by atoms with Crippen LogP contribution in [0.15, 0.2) is 23.6 Å². The average Bonchev–Trinajstić information content (AvgIpc) is 2.44. The maximum absolute atomic E-state index is 5.95. The van der Waals surface area contributed by atoms with Gasteiger partial charge in [0, 0.05) is 32.0 Å². The van der Waals surface area contributed by atoms with E-state index in [4.69, 9.17) is 10.5 Å². The van der Waals surface area contributed by atoms with Crippen LogP contribution >= 0.6 is 0 Å². The van der Waals surface area contributed by atoms with Gasteiger partial charge < -0.3 is 20.7 Å². The van der Waals surface area contributed by atoms with E-state index in [9.17, 15) is 0 Å². The Morgan fingerprint density at radius 2 is 2.53 bits per heavy atom. The number of nitrogens with one attached hydrogen (secondary N) is 1. The first-order valence-corrected chi connectivity index (χ1v) is 6.42. The van der Waals surface area contributed by atoms with Crippen molar-refractivity contribution in [1.29, 1.82) is 0 Å². The highest BCUT2D eigenvalue weighted by Gasteiger charge is 2.17. The quantitative estimate of drug-likeness (QED) is 0.449. The van der Waals surface area contributed by atoms with Gasteiger partial charge in [-0.15, -0.1) is 0 Å². The summed E-state index contributed by atoms with van der Waals surface area (Å²) in [6.45, 7) is 5.63. The summed E-state index contributed by atoms with van der Waals surface area (Å²) in [7, 11) is 0. The summed E-state index contributed by atoms with van der Waals surface area (Å²) >= 11 is 0. The third kappa shape index (κ3) is 4.36. The van der Waals surface area contributed by atoms with Crippen molar-refractivity contribution in [1.82, 2.24) is 14.9 Å². The standard InChI is InChI=1S/C12H20N6O/c1-10-9-18(6-7-19-10)12(13)17-5-4-16-11-8-14-2-3-15-11/h2-3,8,10H,4-7,9H2,1H3,(H2,13,17)(H,15,16). The van der Waals surface area contributed by atoms with Crippen molar-refractivity contribution in [2.45, 2.75) is 13.0 Å². The summed E-state index contributed by atoms with van der Waals surface area (Å²) in [6.07, 6.45) is 5.17. The summed E-state index contributed by atoms with van der Waals surface area (Å²) in [6, 6.07) is 0. The Morgan fingerprint density at radius 3 is 3.26 bits per heavy atom. The second-order valence-electron chi connectivity index (χ2n) is 4.38. The first-order chi connectivity index (χ1) is 9.25. The van der Waals surface area contributed by atoms with Crippen LogP contribution in [0, 0.1) is 0 Å². The second-order valence-corrected chi connectivity index (χ2v) is 4.38. The highest BCUT2D eigenvalue weighted by Crippen LogP contribution is 2.03. The topological polar surface area (TPSA) is 88.7 Å². The number of hydrogen-bond acceptors (Lipinski definition) is 5. The molecule has 0 bridgehead atoms. The molecular weight excluding hydrogens is 244 g/mol. The van der Waals surface area contributed by atoms with Gasteiger partial charge in [-0.1, -0.05) is 0 Å². The van der Waals surface area contributed by atoms with E-state index >= 15 is 0 Å². The van der Waals surface area contributed by atoms with Crippen LogP contribution in [0.2, 0.25) is 0 Å². The molecule has 19 heavy (non-hydrogen) atoms. The van der Waals surface area contributed by atoms with Crippen LogP contribution in [-0.2, 0) is 4.74 Å². The van der Waals surface area contributed by atoms with Crippen molar-refractivity contribution in [2.75, 3.05) is 38.1 Å². The molecule has 0 aromatic carbocycles. The maximum Gasteiger partial charge on any atom is 0.191 e. The molecule has 0 spiro atoms. The molecule has 2 heterocycles. The highest BCUT2D eigenvalue weighted by molar-refractivity contribution is 5.78. The first-order valence-electron chi connectivity index (χ1n) is 6.42. The van der Waals surface area contributed by atoms with Gasteiger partial charge in [0.2, 0.25) is 0 Å². The van der Waals surface area contributed by atoms with Crippen LogP contribution in [0.25, 0.3) is 0 Å². The fraction of sp³-hybridized carbons (Fsp3) is 0.583. The number of hydrogen-bond donors (Lipinski definition) is 2. The van der Waals surface area contributed by atoms with Crippen molar-refractivity contribution < 1.29 is 4.74 Å². The maximum atomic E-state index is 5.95. The number of anilines is 1.